The molecule has 11 heteroatoms. The summed E-state index contributed by atoms with van der Waals surface area (Å²) in [6, 6.07) is 4.55. The van der Waals surface area contributed by atoms with Gasteiger partial charge in [0.25, 0.3) is 0 Å². The average Bonchev–Trinajstić information content (AvgIpc) is 2.97. The summed E-state index contributed by atoms with van der Waals surface area (Å²) in [6.45, 7) is -0.126. The third kappa shape index (κ3) is 5.94. The van der Waals surface area contributed by atoms with Crippen LogP contribution in [-0.2, 0) is 26.8 Å². The molecule has 2 aromatic rings. The van der Waals surface area contributed by atoms with Crippen LogP contribution >= 0.6 is 23.2 Å². The van der Waals surface area contributed by atoms with Crippen molar-refractivity contribution in [3.05, 3.63) is 46.5 Å². The maximum Gasteiger partial charge on any atom is 0.223 e. The zero-order valence-corrected chi connectivity index (χ0v) is 16.2. The number of sulfone groups is 1. The van der Waals surface area contributed by atoms with Gasteiger partial charge in [-0.2, -0.15) is 5.10 Å². The molecule has 1 heterocycles. The van der Waals surface area contributed by atoms with Gasteiger partial charge in [-0.05, 0) is 12.1 Å². The molecule has 0 fully saturated rings. The van der Waals surface area contributed by atoms with Crippen molar-refractivity contribution in [2.75, 3.05) is 18.6 Å². The molecule has 1 aromatic heterocycles. The number of benzene rings is 1. The van der Waals surface area contributed by atoms with Crippen LogP contribution in [0, 0.1) is 0 Å². The summed E-state index contributed by atoms with van der Waals surface area (Å²) < 4.78 is 23.7. The molecule has 8 nitrogen and oxygen atoms in total. The fourth-order valence-electron chi connectivity index (χ4n) is 2.39. The number of carbonyl (C=O) groups excluding carboxylic acids is 1. The Bertz CT molecular complexity index is 874. The number of aliphatic hydroxyl groups is 1. The molecule has 0 bridgehead atoms. The van der Waals surface area contributed by atoms with Gasteiger partial charge in [-0.1, -0.05) is 29.3 Å². The van der Waals surface area contributed by atoms with Crippen molar-refractivity contribution in [3.8, 4) is 0 Å². The van der Waals surface area contributed by atoms with E-state index in [1.807, 2.05) is 0 Å². The summed E-state index contributed by atoms with van der Waals surface area (Å²) in [7, 11) is -3.20. The average molecular weight is 421 g/mol. The molecule has 142 valence electrons. The summed E-state index contributed by atoms with van der Waals surface area (Å²) >= 11 is 12.1. The third-order valence-corrected chi connectivity index (χ3v) is 5.06. The number of aromatic nitrogens is 3. The fraction of sp³-hybridized carbons (Fsp3) is 0.400. The van der Waals surface area contributed by atoms with Gasteiger partial charge in [0.15, 0.2) is 0 Å². The van der Waals surface area contributed by atoms with E-state index in [9.17, 15) is 18.3 Å². The number of nitrogens with one attached hydrogen (secondary N) is 1. The molecule has 2 N–H and O–H groups in total. The molecular weight excluding hydrogens is 403 g/mol. The highest BCUT2D eigenvalue weighted by Gasteiger charge is 2.35. The summed E-state index contributed by atoms with van der Waals surface area (Å²) in [5, 5.41) is 18.2. The quantitative estimate of drug-likeness (QED) is 0.658. The predicted molar refractivity (Wildman–Crippen MR) is 97.7 cm³/mol. The van der Waals surface area contributed by atoms with Crippen LogP contribution in [-0.4, -0.2) is 52.7 Å². The first-order valence-corrected chi connectivity index (χ1v) is 10.4. The van der Waals surface area contributed by atoms with Gasteiger partial charge in [0.1, 0.15) is 28.1 Å². The zero-order chi connectivity index (χ0) is 19.4. The van der Waals surface area contributed by atoms with Crippen molar-refractivity contribution in [1.29, 1.82) is 0 Å². The van der Waals surface area contributed by atoms with Crippen LogP contribution in [0.1, 0.15) is 12.0 Å². The van der Waals surface area contributed by atoms with E-state index >= 15 is 0 Å². The SMILES string of the molecule is CS(=O)(=O)CCNC(=O)CC(O)(Cn1cncn1)c1ccc(Cl)cc1Cl. The molecule has 1 unspecified atom stereocenters. The van der Waals surface area contributed by atoms with E-state index < -0.39 is 21.3 Å². The molecule has 1 atom stereocenters. The van der Waals surface area contributed by atoms with E-state index in [0.717, 1.165) is 6.26 Å². The van der Waals surface area contributed by atoms with Gasteiger partial charge in [0, 0.05) is 28.4 Å². The van der Waals surface area contributed by atoms with Crippen LogP contribution in [0.5, 0.6) is 0 Å². The number of hydrogen-bond donors (Lipinski definition) is 2. The van der Waals surface area contributed by atoms with Gasteiger partial charge in [-0.25, -0.2) is 18.1 Å². The molecule has 0 saturated heterocycles. The standard InChI is InChI=1S/C15H18Cl2N4O4S/c1-26(24,25)5-4-19-14(22)7-15(23,8-21-10-18-9-20-21)12-3-2-11(16)6-13(12)17/h2-3,6,9-10,23H,4-5,7-8H2,1H3,(H,19,22). The second kappa shape index (κ2) is 8.34. The van der Waals surface area contributed by atoms with E-state index in [2.05, 4.69) is 15.4 Å². The second-order valence-corrected chi connectivity index (χ2v) is 9.01. The van der Waals surface area contributed by atoms with E-state index in [4.69, 9.17) is 23.2 Å². The van der Waals surface area contributed by atoms with Gasteiger partial charge < -0.3 is 10.4 Å². The largest absolute Gasteiger partial charge is 0.383 e. The second-order valence-electron chi connectivity index (χ2n) is 5.91. The Morgan fingerprint density at radius 1 is 1.38 bits per heavy atom. The normalized spacial score (nSPS) is 14.0. The Hall–Kier alpha value is -1.68. The Morgan fingerprint density at radius 2 is 2.12 bits per heavy atom. The van der Waals surface area contributed by atoms with Gasteiger partial charge in [-0.3, -0.25) is 4.79 Å². The minimum atomic E-state index is -3.20. The lowest BCUT2D eigenvalue weighted by atomic mass is 9.89. The zero-order valence-electron chi connectivity index (χ0n) is 13.9. The van der Waals surface area contributed by atoms with Gasteiger partial charge in [-0.15, -0.1) is 0 Å². The Kier molecular flexibility index (Phi) is 6.62. The maximum atomic E-state index is 12.2. The Labute approximate surface area is 161 Å². The van der Waals surface area contributed by atoms with Crippen molar-refractivity contribution in [2.45, 2.75) is 18.6 Å². The summed E-state index contributed by atoms with van der Waals surface area (Å²) in [6.07, 6.45) is 3.43. The summed E-state index contributed by atoms with van der Waals surface area (Å²) in [5.41, 5.74) is -1.39. The molecule has 0 aliphatic rings. The molecule has 26 heavy (non-hydrogen) atoms. The van der Waals surface area contributed by atoms with Gasteiger partial charge in [0.05, 0.1) is 18.7 Å². The Balaban J connectivity index is 2.21. The van der Waals surface area contributed by atoms with E-state index in [1.165, 1.54) is 29.5 Å². The maximum absolute atomic E-state index is 12.2. The van der Waals surface area contributed by atoms with Crippen molar-refractivity contribution < 1.29 is 18.3 Å². The highest BCUT2D eigenvalue weighted by Crippen LogP contribution is 2.34. The minimum absolute atomic E-state index is 0.0502. The first-order valence-electron chi connectivity index (χ1n) is 7.54. The molecule has 0 aliphatic carbocycles. The molecule has 0 saturated carbocycles. The number of hydrogen-bond acceptors (Lipinski definition) is 6. The molecule has 1 aromatic carbocycles. The predicted octanol–water partition coefficient (Wildman–Crippen LogP) is 1.02. The van der Waals surface area contributed by atoms with Crippen molar-refractivity contribution in [2.24, 2.45) is 0 Å². The number of amides is 1. The van der Waals surface area contributed by atoms with E-state index in [0.29, 0.717) is 10.6 Å². The van der Waals surface area contributed by atoms with Crippen molar-refractivity contribution in [3.63, 3.8) is 0 Å². The molecule has 0 aliphatic heterocycles. The number of carbonyl (C=O) groups is 1. The third-order valence-electron chi connectivity index (χ3n) is 3.57. The lowest BCUT2D eigenvalue weighted by Gasteiger charge is -2.29. The topological polar surface area (TPSA) is 114 Å². The lowest BCUT2D eigenvalue weighted by Crippen LogP contribution is -2.39. The number of halogens is 2. The Morgan fingerprint density at radius 3 is 2.69 bits per heavy atom. The van der Waals surface area contributed by atoms with Crippen LogP contribution < -0.4 is 5.32 Å². The van der Waals surface area contributed by atoms with Crippen LogP contribution in [0.3, 0.4) is 0 Å². The van der Waals surface area contributed by atoms with Gasteiger partial charge in [0.2, 0.25) is 5.91 Å². The molecule has 1 amide bonds. The molecule has 2 rings (SSSR count). The molecule has 0 spiro atoms. The summed E-state index contributed by atoms with van der Waals surface area (Å²) in [5.74, 6) is -0.718. The van der Waals surface area contributed by atoms with Crippen LogP contribution in [0.2, 0.25) is 10.0 Å². The minimum Gasteiger partial charge on any atom is -0.383 e. The molecular formula is C15H18Cl2N4O4S. The van der Waals surface area contributed by atoms with Crippen molar-refractivity contribution >= 4 is 38.9 Å². The van der Waals surface area contributed by atoms with Crippen LogP contribution in [0.4, 0.5) is 0 Å². The summed E-state index contributed by atoms with van der Waals surface area (Å²) in [4.78, 5) is 16.1. The lowest BCUT2D eigenvalue weighted by molar-refractivity contribution is -0.127. The first kappa shape index (κ1) is 20.6. The smallest absolute Gasteiger partial charge is 0.223 e. The fourth-order valence-corrected chi connectivity index (χ4v) is 3.45. The monoisotopic (exact) mass is 420 g/mol. The highest BCUT2D eigenvalue weighted by atomic mass is 35.5. The number of nitrogens with zero attached hydrogens (tertiary/aromatic N) is 3. The van der Waals surface area contributed by atoms with E-state index in [1.54, 1.807) is 6.07 Å². The van der Waals surface area contributed by atoms with Crippen LogP contribution in [0.15, 0.2) is 30.9 Å². The van der Waals surface area contributed by atoms with Crippen LogP contribution in [0.25, 0.3) is 0 Å². The number of rotatable bonds is 8. The first-order chi connectivity index (χ1) is 12.1. The molecule has 0 radical (unpaired) electrons. The van der Waals surface area contributed by atoms with Crippen molar-refractivity contribution in [1.82, 2.24) is 20.1 Å². The highest BCUT2D eigenvalue weighted by molar-refractivity contribution is 7.90. The van der Waals surface area contributed by atoms with Gasteiger partial charge >= 0.3 is 0 Å². The van der Waals surface area contributed by atoms with E-state index in [-0.39, 0.29) is 30.3 Å².